The molecule has 0 amide bonds. The van der Waals surface area contributed by atoms with E-state index in [1.807, 2.05) is 54.7 Å². The summed E-state index contributed by atoms with van der Waals surface area (Å²) in [4.78, 5) is 7.37. The number of anilines is 1. The quantitative estimate of drug-likeness (QED) is 0.0755. The van der Waals surface area contributed by atoms with Crippen LogP contribution in [0.1, 0.15) is 41.2 Å². The van der Waals surface area contributed by atoms with Gasteiger partial charge in [-0.25, -0.2) is 0 Å². The average molecular weight is 748 g/mol. The Kier molecular flexibility index (Phi) is 10.5. The summed E-state index contributed by atoms with van der Waals surface area (Å²) in [6, 6.07) is 45.2. The lowest BCUT2D eigenvalue weighted by molar-refractivity contribution is -0.0386. The largest absolute Gasteiger partial charge is 0.497 e. The third-order valence-corrected chi connectivity index (χ3v) is 11.4. The Morgan fingerprint density at radius 3 is 2.07 bits per heavy atom. The van der Waals surface area contributed by atoms with Gasteiger partial charge in [-0.2, -0.15) is 0 Å². The average Bonchev–Trinajstić information content (AvgIpc) is 3.25. The first-order valence-corrected chi connectivity index (χ1v) is 19.2. The molecule has 0 spiro atoms. The second kappa shape index (κ2) is 16.0. The number of hydrogen-bond donors (Lipinski definition) is 1. The maximum Gasteiger partial charge on any atom is 0.261 e. The molecule has 3 aliphatic rings. The molecule has 7 nitrogen and oxygen atoms in total. The van der Waals surface area contributed by atoms with Crippen molar-refractivity contribution in [2.45, 2.75) is 30.6 Å². The topological polar surface area (TPSA) is 65.1 Å². The number of hydrogen-bond acceptors (Lipinski definition) is 7. The highest BCUT2D eigenvalue weighted by atomic mass is 32.1. The molecule has 3 saturated heterocycles. The van der Waals surface area contributed by atoms with E-state index in [0.717, 1.165) is 59.1 Å². The van der Waals surface area contributed by atoms with E-state index in [4.69, 9.17) is 36.1 Å². The van der Waals surface area contributed by atoms with Crippen LogP contribution in [0.4, 0.5) is 5.69 Å². The molecule has 4 heterocycles. The Balaban J connectivity index is 1.22. The smallest absolute Gasteiger partial charge is 0.261 e. The summed E-state index contributed by atoms with van der Waals surface area (Å²) in [5.41, 5.74) is 4.66. The number of rotatable bonds is 12. The molecular formula is C47H45N3O4S. The molecule has 8 heteroatoms. The van der Waals surface area contributed by atoms with Crippen LogP contribution in [0.15, 0.2) is 152 Å². The lowest BCUT2D eigenvalue weighted by Crippen LogP contribution is -2.55. The van der Waals surface area contributed by atoms with E-state index >= 15 is 0 Å². The van der Waals surface area contributed by atoms with Crippen molar-refractivity contribution in [3.63, 3.8) is 0 Å². The van der Waals surface area contributed by atoms with Gasteiger partial charge in [0.05, 0.1) is 31.5 Å². The zero-order chi connectivity index (χ0) is 37.8. The van der Waals surface area contributed by atoms with Crippen LogP contribution in [-0.2, 0) is 10.3 Å². The Bertz CT molecular complexity index is 2170. The van der Waals surface area contributed by atoms with Crippen molar-refractivity contribution in [2.75, 3.05) is 32.6 Å². The number of thiocarbonyl (C=S) groups is 1. The number of benzene rings is 5. The summed E-state index contributed by atoms with van der Waals surface area (Å²) in [7, 11) is 3.25. The van der Waals surface area contributed by atoms with Crippen LogP contribution in [0.25, 0.3) is 10.9 Å². The van der Waals surface area contributed by atoms with Crippen molar-refractivity contribution in [3.05, 3.63) is 175 Å². The van der Waals surface area contributed by atoms with Crippen molar-refractivity contribution in [2.24, 2.45) is 11.8 Å². The molecule has 5 unspecified atom stereocenters. The van der Waals surface area contributed by atoms with Crippen LogP contribution in [0.2, 0.25) is 0 Å². The molecule has 9 rings (SSSR count). The van der Waals surface area contributed by atoms with Gasteiger partial charge < -0.3 is 24.3 Å². The zero-order valence-corrected chi connectivity index (χ0v) is 32.0. The molecule has 5 aromatic carbocycles. The van der Waals surface area contributed by atoms with Crippen molar-refractivity contribution < 1.29 is 18.9 Å². The Morgan fingerprint density at radius 1 is 0.836 bits per heavy atom. The van der Waals surface area contributed by atoms with E-state index < -0.39 is 11.7 Å². The summed E-state index contributed by atoms with van der Waals surface area (Å²) in [5.74, 6) is 2.98. The summed E-state index contributed by atoms with van der Waals surface area (Å²) >= 11 is 5.97. The molecule has 0 radical (unpaired) electrons. The van der Waals surface area contributed by atoms with Gasteiger partial charge in [0.25, 0.3) is 5.17 Å². The van der Waals surface area contributed by atoms with E-state index in [0.29, 0.717) is 34.8 Å². The minimum absolute atomic E-state index is 0.0830. The minimum atomic E-state index is -0.938. The predicted octanol–water partition coefficient (Wildman–Crippen LogP) is 9.97. The number of methoxy groups -OCH3 is 2. The SMILES string of the molecule is C=CC1CN2CCC1CC2C(OC(=S)Nc1ccc(OC)cc1OC)c1ccnc2ccc(OC(c3ccccc3)(c3ccccc3)c3ccccc3)cc12. The summed E-state index contributed by atoms with van der Waals surface area (Å²) < 4.78 is 25.4. The fraction of sp³-hybridized carbons (Fsp3) is 0.234. The molecule has 6 aromatic rings. The zero-order valence-electron chi connectivity index (χ0n) is 31.1. The highest BCUT2D eigenvalue weighted by Gasteiger charge is 2.44. The summed E-state index contributed by atoms with van der Waals surface area (Å²) in [6.45, 7) is 6.11. The molecule has 5 atom stereocenters. The van der Waals surface area contributed by atoms with Gasteiger partial charge in [-0.1, -0.05) is 97.1 Å². The van der Waals surface area contributed by atoms with Crippen molar-refractivity contribution >= 4 is 34.0 Å². The van der Waals surface area contributed by atoms with E-state index in [-0.39, 0.29) is 11.2 Å². The molecule has 278 valence electrons. The van der Waals surface area contributed by atoms with Gasteiger partial charge in [0.15, 0.2) is 5.60 Å². The molecule has 3 aliphatic heterocycles. The Labute approximate surface area is 328 Å². The van der Waals surface area contributed by atoms with E-state index in [1.54, 1.807) is 14.2 Å². The highest BCUT2D eigenvalue weighted by molar-refractivity contribution is 7.80. The molecule has 2 bridgehead atoms. The van der Waals surface area contributed by atoms with Crippen LogP contribution in [0, 0.1) is 11.8 Å². The number of ether oxygens (including phenoxy) is 4. The monoisotopic (exact) mass is 747 g/mol. The standard InChI is InChI=1S/C47H45N3O4S/c1-4-32-31-50-27-25-33(32)28-43(50)45(53-46(55)49-42-23-20-37(51-2)30-44(42)52-3)39-24-26-48-41-22-21-38(29-40(39)41)54-47(34-14-8-5-9-15-34,35-16-10-6-11-17-35)36-18-12-7-13-19-36/h4-24,26,29-30,32-33,43,45H,1,25,27-28,31H2,2-3H3,(H,49,55). The van der Waals surface area contributed by atoms with Gasteiger partial charge in [0.2, 0.25) is 0 Å². The van der Waals surface area contributed by atoms with Gasteiger partial charge in [0, 0.05) is 46.4 Å². The number of piperidine rings is 3. The molecule has 1 aromatic heterocycles. The first-order valence-electron chi connectivity index (χ1n) is 18.8. The minimum Gasteiger partial charge on any atom is -0.497 e. The van der Waals surface area contributed by atoms with Crippen LogP contribution in [-0.4, -0.2) is 48.4 Å². The van der Waals surface area contributed by atoms with Crippen molar-refractivity contribution in [1.82, 2.24) is 9.88 Å². The Morgan fingerprint density at radius 2 is 1.49 bits per heavy atom. The number of aromatic nitrogens is 1. The summed E-state index contributed by atoms with van der Waals surface area (Å²) in [5, 5.41) is 4.51. The molecule has 1 N–H and O–H groups in total. The molecule has 0 aliphatic carbocycles. The van der Waals surface area contributed by atoms with E-state index in [1.165, 1.54) is 0 Å². The van der Waals surface area contributed by atoms with Crippen LogP contribution >= 0.6 is 12.2 Å². The van der Waals surface area contributed by atoms with Gasteiger partial charge in [0.1, 0.15) is 23.4 Å². The molecule has 0 saturated carbocycles. The van der Waals surface area contributed by atoms with Gasteiger partial charge >= 0.3 is 0 Å². The lowest BCUT2D eigenvalue weighted by atomic mass is 9.73. The lowest BCUT2D eigenvalue weighted by Gasteiger charge is -2.51. The third-order valence-electron chi connectivity index (χ3n) is 11.2. The van der Waals surface area contributed by atoms with Crippen LogP contribution in [0.3, 0.4) is 0 Å². The van der Waals surface area contributed by atoms with Gasteiger partial charge in [-0.15, -0.1) is 6.58 Å². The first-order chi connectivity index (χ1) is 27.0. The van der Waals surface area contributed by atoms with Gasteiger partial charge in [-0.3, -0.25) is 9.88 Å². The van der Waals surface area contributed by atoms with Crippen LogP contribution in [0.5, 0.6) is 17.2 Å². The summed E-state index contributed by atoms with van der Waals surface area (Å²) in [6.07, 6.45) is 5.69. The number of nitrogens with one attached hydrogen (secondary N) is 1. The first kappa shape index (κ1) is 36.3. The predicted molar refractivity (Wildman–Crippen MR) is 223 cm³/mol. The van der Waals surface area contributed by atoms with Crippen molar-refractivity contribution in [1.29, 1.82) is 0 Å². The molecular weight excluding hydrogens is 703 g/mol. The highest BCUT2D eigenvalue weighted by Crippen LogP contribution is 2.46. The number of nitrogens with zero attached hydrogens (tertiary/aromatic N) is 2. The maximum atomic E-state index is 7.38. The second-order valence-electron chi connectivity index (χ2n) is 14.2. The van der Waals surface area contributed by atoms with E-state index in [2.05, 4.69) is 108 Å². The third kappa shape index (κ3) is 7.15. The van der Waals surface area contributed by atoms with Crippen molar-refractivity contribution in [3.8, 4) is 17.2 Å². The fourth-order valence-electron chi connectivity index (χ4n) is 8.53. The second-order valence-corrected chi connectivity index (χ2v) is 14.6. The van der Waals surface area contributed by atoms with E-state index in [9.17, 15) is 0 Å². The number of pyridine rings is 1. The molecule has 3 fully saturated rings. The number of fused-ring (bicyclic) bond motifs is 4. The maximum absolute atomic E-state index is 7.38. The van der Waals surface area contributed by atoms with Crippen LogP contribution < -0.4 is 19.5 Å². The fourth-order valence-corrected chi connectivity index (χ4v) is 8.74. The normalized spacial score (nSPS) is 19.6. The van der Waals surface area contributed by atoms with Gasteiger partial charge in [-0.05, 0) is 79.8 Å². The Hall–Kier alpha value is -5.70. The molecule has 55 heavy (non-hydrogen) atoms.